The van der Waals surface area contributed by atoms with E-state index in [1.165, 1.54) is 0 Å². The van der Waals surface area contributed by atoms with E-state index >= 15 is 0 Å². The molecule has 1 atom stereocenters. The van der Waals surface area contributed by atoms with E-state index in [0.29, 0.717) is 13.0 Å². The van der Waals surface area contributed by atoms with Crippen molar-refractivity contribution in [2.24, 2.45) is 5.73 Å². The molecule has 0 spiro atoms. The lowest BCUT2D eigenvalue weighted by molar-refractivity contribution is -0.122. The number of hydrogen-bond donors (Lipinski definition) is 2. The molecule has 5 heteroatoms. The molecule has 1 rings (SSSR count). The highest BCUT2D eigenvalue weighted by atomic mass is 16.3. The van der Waals surface area contributed by atoms with Gasteiger partial charge in [-0.3, -0.25) is 9.69 Å². The van der Waals surface area contributed by atoms with Gasteiger partial charge in [0.2, 0.25) is 5.91 Å². The van der Waals surface area contributed by atoms with Crippen molar-refractivity contribution in [2.45, 2.75) is 32.4 Å². The first-order valence-electron chi connectivity index (χ1n) is 6.35. The molecule has 5 nitrogen and oxygen atoms in total. The van der Waals surface area contributed by atoms with E-state index in [9.17, 15) is 4.79 Å². The molecule has 0 saturated carbocycles. The maximum atomic E-state index is 11.7. The number of carbonyl (C=O) groups excluding carboxylic acids is 1. The van der Waals surface area contributed by atoms with Crippen LogP contribution < -0.4 is 11.1 Å². The maximum Gasteiger partial charge on any atom is 0.221 e. The number of nitrogens with zero attached hydrogens (tertiary/aromatic N) is 1. The smallest absolute Gasteiger partial charge is 0.221 e. The number of rotatable bonds is 8. The second-order valence-electron chi connectivity index (χ2n) is 4.49. The van der Waals surface area contributed by atoms with Crippen LogP contribution in [0.3, 0.4) is 0 Å². The predicted octanol–water partition coefficient (Wildman–Crippen LogP) is 0.955. The third-order valence-corrected chi connectivity index (χ3v) is 2.90. The minimum atomic E-state index is 0.0526. The zero-order chi connectivity index (χ0) is 13.4. The summed E-state index contributed by atoms with van der Waals surface area (Å²) in [5, 5.41) is 2.87. The lowest BCUT2D eigenvalue weighted by Crippen LogP contribution is -2.41. The summed E-state index contributed by atoms with van der Waals surface area (Å²) in [6.07, 6.45) is 4.74. The molecule has 0 aromatic carbocycles. The monoisotopic (exact) mass is 253 g/mol. The van der Waals surface area contributed by atoms with Crippen LogP contribution in [0.2, 0.25) is 0 Å². The van der Waals surface area contributed by atoms with Gasteiger partial charge in [-0.1, -0.05) is 6.92 Å². The van der Waals surface area contributed by atoms with E-state index < -0.39 is 0 Å². The Morgan fingerprint density at radius 3 is 2.94 bits per heavy atom. The van der Waals surface area contributed by atoms with Crippen LogP contribution in [0, 0.1) is 0 Å². The highest BCUT2D eigenvalue weighted by Gasteiger charge is 2.17. The van der Waals surface area contributed by atoms with Crippen LogP contribution in [0.5, 0.6) is 0 Å². The van der Waals surface area contributed by atoms with Crippen molar-refractivity contribution in [1.82, 2.24) is 10.2 Å². The molecule has 0 aliphatic heterocycles. The molecule has 0 radical (unpaired) electrons. The third kappa shape index (κ3) is 4.89. The minimum Gasteiger partial charge on any atom is -0.472 e. The largest absolute Gasteiger partial charge is 0.472 e. The van der Waals surface area contributed by atoms with Crippen LogP contribution >= 0.6 is 0 Å². The standard InChI is InChI=1S/C13H23N3O2/c1-3-5-15-13(17)7-12(8-14)16(2)9-11-4-6-18-10-11/h4,6,10,12H,3,5,7-9,14H2,1-2H3,(H,15,17). The zero-order valence-electron chi connectivity index (χ0n) is 11.2. The van der Waals surface area contributed by atoms with Crippen LogP contribution in [-0.2, 0) is 11.3 Å². The van der Waals surface area contributed by atoms with Gasteiger partial charge in [-0.15, -0.1) is 0 Å². The Morgan fingerprint density at radius 2 is 2.39 bits per heavy atom. The van der Waals surface area contributed by atoms with Gasteiger partial charge in [-0.05, 0) is 19.5 Å². The predicted molar refractivity (Wildman–Crippen MR) is 70.9 cm³/mol. The number of hydrogen-bond acceptors (Lipinski definition) is 4. The number of likely N-dealkylation sites (N-methyl/N-ethyl adjacent to an activating group) is 1. The minimum absolute atomic E-state index is 0.0526. The van der Waals surface area contributed by atoms with E-state index in [2.05, 4.69) is 10.2 Å². The molecule has 18 heavy (non-hydrogen) atoms. The van der Waals surface area contributed by atoms with Crippen molar-refractivity contribution in [3.8, 4) is 0 Å². The van der Waals surface area contributed by atoms with Crippen LogP contribution in [0.1, 0.15) is 25.3 Å². The van der Waals surface area contributed by atoms with Crippen LogP contribution in [0.25, 0.3) is 0 Å². The molecular weight excluding hydrogens is 230 g/mol. The summed E-state index contributed by atoms with van der Waals surface area (Å²) >= 11 is 0. The van der Waals surface area contributed by atoms with E-state index in [0.717, 1.165) is 25.1 Å². The highest BCUT2D eigenvalue weighted by Crippen LogP contribution is 2.08. The van der Waals surface area contributed by atoms with Gasteiger partial charge in [-0.25, -0.2) is 0 Å². The Balaban J connectivity index is 2.41. The van der Waals surface area contributed by atoms with E-state index in [-0.39, 0.29) is 11.9 Å². The van der Waals surface area contributed by atoms with Crippen molar-refractivity contribution in [3.63, 3.8) is 0 Å². The summed E-state index contributed by atoms with van der Waals surface area (Å²) in [6, 6.07) is 1.97. The molecule has 0 saturated heterocycles. The molecule has 0 aliphatic rings. The number of nitrogens with two attached hydrogens (primary N) is 1. The summed E-state index contributed by atoms with van der Waals surface area (Å²) in [5.74, 6) is 0.0614. The zero-order valence-corrected chi connectivity index (χ0v) is 11.2. The van der Waals surface area contributed by atoms with Crippen molar-refractivity contribution in [2.75, 3.05) is 20.1 Å². The average molecular weight is 253 g/mol. The van der Waals surface area contributed by atoms with Gasteiger partial charge in [0, 0.05) is 37.7 Å². The molecule has 0 bridgehead atoms. The SMILES string of the molecule is CCCNC(=O)CC(CN)N(C)Cc1ccoc1. The first-order valence-corrected chi connectivity index (χ1v) is 6.35. The summed E-state index contributed by atoms with van der Waals surface area (Å²) in [5.41, 5.74) is 6.82. The number of furan rings is 1. The van der Waals surface area contributed by atoms with E-state index in [4.69, 9.17) is 10.2 Å². The Morgan fingerprint density at radius 1 is 1.61 bits per heavy atom. The molecular formula is C13H23N3O2. The fraction of sp³-hybridized carbons (Fsp3) is 0.615. The lowest BCUT2D eigenvalue weighted by Gasteiger charge is -2.26. The van der Waals surface area contributed by atoms with Crippen molar-refractivity contribution in [1.29, 1.82) is 0 Å². The average Bonchev–Trinajstić information content (AvgIpc) is 2.86. The third-order valence-electron chi connectivity index (χ3n) is 2.90. The second-order valence-corrected chi connectivity index (χ2v) is 4.49. The van der Waals surface area contributed by atoms with Gasteiger partial charge in [0.15, 0.2) is 0 Å². The fourth-order valence-corrected chi connectivity index (χ4v) is 1.77. The number of carbonyl (C=O) groups is 1. The topological polar surface area (TPSA) is 71.5 Å². The summed E-state index contributed by atoms with van der Waals surface area (Å²) in [6.45, 7) is 3.96. The molecule has 1 unspecified atom stereocenters. The van der Waals surface area contributed by atoms with Crippen LogP contribution in [0.4, 0.5) is 0 Å². The Labute approximate surface area is 108 Å². The van der Waals surface area contributed by atoms with Crippen molar-refractivity contribution < 1.29 is 9.21 Å². The van der Waals surface area contributed by atoms with Gasteiger partial charge in [-0.2, -0.15) is 0 Å². The number of amides is 1. The summed E-state index contributed by atoms with van der Waals surface area (Å²) < 4.78 is 5.03. The van der Waals surface area contributed by atoms with Gasteiger partial charge in [0.25, 0.3) is 0 Å². The molecule has 0 fully saturated rings. The van der Waals surface area contributed by atoms with Gasteiger partial charge in [0.05, 0.1) is 12.5 Å². The van der Waals surface area contributed by atoms with E-state index in [1.807, 2.05) is 20.0 Å². The maximum absolute atomic E-state index is 11.7. The number of nitrogens with one attached hydrogen (secondary N) is 1. The summed E-state index contributed by atoms with van der Waals surface area (Å²) in [7, 11) is 1.97. The molecule has 1 heterocycles. The lowest BCUT2D eigenvalue weighted by atomic mass is 10.1. The Hall–Kier alpha value is -1.33. The van der Waals surface area contributed by atoms with Crippen molar-refractivity contribution in [3.05, 3.63) is 24.2 Å². The highest BCUT2D eigenvalue weighted by molar-refractivity contribution is 5.76. The molecule has 1 amide bonds. The second kappa shape index (κ2) is 7.89. The van der Waals surface area contributed by atoms with Gasteiger partial charge < -0.3 is 15.5 Å². The van der Waals surface area contributed by atoms with Crippen LogP contribution in [-0.4, -0.2) is 37.0 Å². The molecule has 0 aliphatic carbocycles. The van der Waals surface area contributed by atoms with Crippen molar-refractivity contribution >= 4 is 5.91 Å². The molecule has 1 aromatic rings. The first kappa shape index (κ1) is 14.7. The van der Waals surface area contributed by atoms with Gasteiger partial charge >= 0.3 is 0 Å². The molecule has 102 valence electrons. The molecule has 1 aromatic heterocycles. The molecule has 3 N–H and O–H groups in total. The first-order chi connectivity index (χ1) is 8.67. The Bertz CT molecular complexity index is 338. The normalized spacial score (nSPS) is 12.7. The van der Waals surface area contributed by atoms with Gasteiger partial charge in [0.1, 0.15) is 0 Å². The Kier molecular flexibility index (Phi) is 6.46. The fourth-order valence-electron chi connectivity index (χ4n) is 1.77. The summed E-state index contributed by atoms with van der Waals surface area (Å²) in [4.78, 5) is 13.7. The quantitative estimate of drug-likeness (QED) is 0.723. The van der Waals surface area contributed by atoms with Crippen LogP contribution in [0.15, 0.2) is 23.0 Å². The van der Waals surface area contributed by atoms with E-state index in [1.54, 1.807) is 12.5 Å².